The van der Waals surface area contributed by atoms with Crippen molar-refractivity contribution in [3.05, 3.63) is 11.4 Å². The Labute approximate surface area is 121 Å². The average Bonchev–Trinajstić information content (AvgIpc) is 2.30. The number of nitrogens with one attached hydrogen (secondary N) is 1. The van der Waals surface area contributed by atoms with Gasteiger partial charge < -0.3 is 11.1 Å². The average molecular weight is 282 g/mol. The summed E-state index contributed by atoms with van der Waals surface area (Å²) < 4.78 is 0. The van der Waals surface area contributed by atoms with E-state index < -0.39 is 0 Å². The minimum absolute atomic E-state index is 0.0941. The van der Waals surface area contributed by atoms with Crippen molar-refractivity contribution >= 4 is 23.4 Å². The van der Waals surface area contributed by atoms with Crippen molar-refractivity contribution in [2.75, 3.05) is 29.6 Å². The molecule has 1 rings (SSSR count). The van der Waals surface area contributed by atoms with E-state index in [1.165, 1.54) is 0 Å². The first-order valence-corrected chi connectivity index (χ1v) is 8.02. The quantitative estimate of drug-likeness (QED) is 0.869. The van der Waals surface area contributed by atoms with Crippen LogP contribution < -0.4 is 11.1 Å². The first-order chi connectivity index (χ1) is 8.75. The predicted octanol–water partition coefficient (Wildman–Crippen LogP) is 3.08. The van der Waals surface area contributed by atoms with Gasteiger partial charge in [0.25, 0.3) is 0 Å². The first kappa shape index (κ1) is 16.1. The lowest BCUT2D eigenvalue weighted by atomic mass is 9.95. The highest BCUT2D eigenvalue weighted by Gasteiger charge is 2.20. The van der Waals surface area contributed by atoms with E-state index in [-0.39, 0.29) is 5.41 Å². The molecule has 0 aliphatic heterocycles. The summed E-state index contributed by atoms with van der Waals surface area (Å²) in [5.74, 6) is 3.96. The minimum Gasteiger partial charge on any atom is -0.383 e. The lowest BCUT2D eigenvalue weighted by Crippen LogP contribution is -2.21. The van der Waals surface area contributed by atoms with Gasteiger partial charge in [0.2, 0.25) is 0 Å². The summed E-state index contributed by atoms with van der Waals surface area (Å²) in [7, 11) is 0. The molecule has 19 heavy (non-hydrogen) atoms. The molecule has 1 heterocycles. The predicted molar refractivity (Wildman–Crippen MR) is 85.9 cm³/mol. The van der Waals surface area contributed by atoms with E-state index in [1.807, 2.05) is 18.7 Å². The molecule has 1 aromatic heterocycles. The highest BCUT2D eigenvalue weighted by Crippen LogP contribution is 2.24. The van der Waals surface area contributed by atoms with E-state index in [9.17, 15) is 0 Å². The largest absolute Gasteiger partial charge is 0.383 e. The minimum atomic E-state index is -0.0941. The second-order valence-corrected chi connectivity index (χ2v) is 7.01. The number of nitrogens with two attached hydrogens (primary N) is 1. The lowest BCUT2D eigenvalue weighted by Gasteiger charge is -2.20. The van der Waals surface area contributed by atoms with Crippen LogP contribution in [0.5, 0.6) is 0 Å². The van der Waals surface area contributed by atoms with Crippen LogP contribution in [0.3, 0.4) is 0 Å². The highest BCUT2D eigenvalue weighted by atomic mass is 32.2. The fourth-order valence-corrected chi connectivity index (χ4v) is 2.34. The molecule has 0 saturated heterocycles. The molecule has 108 valence electrons. The maximum absolute atomic E-state index is 5.99. The molecule has 0 aromatic carbocycles. The number of nitrogens with zero attached hydrogens (tertiary/aromatic N) is 2. The van der Waals surface area contributed by atoms with Crippen molar-refractivity contribution in [3.8, 4) is 0 Å². The smallest absolute Gasteiger partial charge is 0.138 e. The van der Waals surface area contributed by atoms with Gasteiger partial charge in [0.05, 0.1) is 0 Å². The summed E-state index contributed by atoms with van der Waals surface area (Å²) >= 11 is 1.86. The van der Waals surface area contributed by atoms with Gasteiger partial charge in [-0.25, -0.2) is 9.97 Å². The molecule has 0 radical (unpaired) electrons. The second-order valence-electron chi connectivity index (χ2n) is 6.10. The molecule has 0 fully saturated rings. The Bertz CT molecular complexity index is 426. The normalized spacial score (nSPS) is 13.4. The SMILES string of the molecule is CSCC(C)CNc1nc(C(C)(C)C)nc(N)c1C. The number of rotatable bonds is 5. The molecule has 5 heteroatoms. The summed E-state index contributed by atoms with van der Waals surface area (Å²) in [6.07, 6.45) is 2.13. The van der Waals surface area contributed by atoms with Crippen molar-refractivity contribution in [1.82, 2.24) is 9.97 Å². The van der Waals surface area contributed by atoms with Crippen LogP contribution in [0.2, 0.25) is 0 Å². The fraction of sp³-hybridized carbons (Fsp3) is 0.714. The molecule has 0 amide bonds. The molecule has 0 bridgehead atoms. The molecule has 0 aliphatic carbocycles. The molecule has 0 saturated carbocycles. The number of aromatic nitrogens is 2. The Balaban J connectivity index is 2.91. The van der Waals surface area contributed by atoms with Crippen molar-refractivity contribution < 1.29 is 0 Å². The number of hydrogen-bond acceptors (Lipinski definition) is 5. The molecule has 1 atom stereocenters. The fourth-order valence-electron chi connectivity index (χ4n) is 1.66. The van der Waals surface area contributed by atoms with Crippen LogP contribution >= 0.6 is 11.8 Å². The molecular formula is C14H26N4S. The topological polar surface area (TPSA) is 63.8 Å². The van der Waals surface area contributed by atoms with Gasteiger partial charge in [-0.1, -0.05) is 27.7 Å². The molecular weight excluding hydrogens is 256 g/mol. The maximum Gasteiger partial charge on any atom is 0.138 e. The summed E-state index contributed by atoms with van der Waals surface area (Å²) in [6, 6.07) is 0. The molecule has 1 aromatic rings. The van der Waals surface area contributed by atoms with E-state index in [2.05, 4.69) is 49.2 Å². The van der Waals surface area contributed by atoms with Gasteiger partial charge >= 0.3 is 0 Å². The third-order valence-corrected chi connectivity index (χ3v) is 3.83. The number of anilines is 2. The van der Waals surface area contributed by atoms with Crippen LogP contribution in [0.4, 0.5) is 11.6 Å². The van der Waals surface area contributed by atoms with Gasteiger partial charge in [0.15, 0.2) is 0 Å². The molecule has 0 spiro atoms. The molecule has 1 unspecified atom stereocenters. The summed E-state index contributed by atoms with van der Waals surface area (Å²) in [5.41, 5.74) is 6.83. The van der Waals surface area contributed by atoms with Gasteiger partial charge in [-0.3, -0.25) is 0 Å². The Morgan fingerprint density at radius 2 is 1.95 bits per heavy atom. The lowest BCUT2D eigenvalue weighted by molar-refractivity contribution is 0.546. The standard InChI is InChI=1S/C14H26N4S/c1-9(8-19-6)7-16-12-10(2)11(15)17-13(18-12)14(3,4)5/h9H,7-8H2,1-6H3,(H3,15,16,17,18). The van der Waals surface area contributed by atoms with Gasteiger partial charge in [0, 0.05) is 17.5 Å². The Hall–Kier alpha value is -0.970. The van der Waals surface area contributed by atoms with Crippen molar-refractivity contribution in [1.29, 1.82) is 0 Å². The monoisotopic (exact) mass is 282 g/mol. The molecule has 4 nitrogen and oxygen atoms in total. The van der Waals surface area contributed by atoms with Crippen LogP contribution in [-0.4, -0.2) is 28.5 Å². The molecule has 0 aliphatic rings. The zero-order chi connectivity index (χ0) is 14.6. The third-order valence-electron chi connectivity index (χ3n) is 2.92. The number of hydrogen-bond donors (Lipinski definition) is 2. The van der Waals surface area contributed by atoms with Crippen LogP contribution in [-0.2, 0) is 5.41 Å². The van der Waals surface area contributed by atoms with Crippen molar-refractivity contribution in [2.24, 2.45) is 5.92 Å². The van der Waals surface area contributed by atoms with Crippen LogP contribution in [0, 0.1) is 12.8 Å². The zero-order valence-electron chi connectivity index (χ0n) is 12.9. The van der Waals surface area contributed by atoms with Crippen molar-refractivity contribution in [3.63, 3.8) is 0 Å². The van der Waals surface area contributed by atoms with E-state index in [4.69, 9.17) is 5.73 Å². The highest BCUT2D eigenvalue weighted by molar-refractivity contribution is 7.98. The summed E-state index contributed by atoms with van der Waals surface area (Å²) in [5, 5.41) is 3.41. The van der Waals surface area contributed by atoms with Crippen LogP contribution in [0.15, 0.2) is 0 Å². The van der Waals surface area contributed by atoms with Crippen LogP contribution in [0.1, 0.15) is 39.1 Å². The van der Waals surface area contributed by atoms with Gasteiger partial charge in [-0.15, -0.1) is 0 Å². The summed E-state index contributed by atoms with van der Waals surface area (Å²) in [6.45, 7) is 11.4. The zero-order valence-corrected chi connectivity index (χ0v) is 13.7. The van der Waals surface area contributed by atoms with E-state index >= 15 is 0 Å². The Kier molecular flexibility index (Phi) is 5.47. The summed E-state index contributed by atoms with van der Waals surface area (Å²) in [4.78, 5) is 9.02. The van der Waals surface area contributed by atoms with E-state index in [0.29, 0.717) is 11.7 Å². The first-order valence-electron chi connectivity index (χ1n) is 6.63. The van der Waals surface area contributed by atoms with Gasteiger partial charge in [-0.2, -0.15) is 11.8 Å². The second kappa shape index (κ2) is 6.46. The van der Waals surface area contributed by atoms with Crippen molar-refractivity contribution in [2.45, 2.75) is 40.0 Å². The van der Waals surface area contributed by atoms with Crippen LogP contribution in [0.25, 0.3) is 0 Å². The van der Waals surface area contributed by atoms with E-state index in [1.54, 1.807) is 0 Å². The number of thioether (sulfide) groups is 1. The van der Waals surface area contributed by atoms with Gasteiger partial charge in [-0.05, 0) is 24.9 Å². The van der Waals surface area contributed by atoms with E-state index in [0.717, 1.165) is 29.5 Å². The number of nitrogen functional groups attached to an aromatic ring is 1. The Morgan fingerprint density at radius 1 is 1.32 bits per heavy atom. The molecule has 3 N–H and O–H groups in total. The van der Waals surface area contributed by atoms with Gasteiger partial charge in [0.1, 0.15) is 17.5 Å². The Morgan fingerprint density at radius 3 is 2.47 bits per heavy atom. The maximum atomic E-state index is 5.99. The third kappa shape index (κ3) is 4.56.